The van der Waals surface area contributed by atoms with Gasteiger partial charge in [0.05, 0.1) is 36.1 Å². The average Bonchev–Trinajstić information content (AvgIpc) is 2.80. The lowest BCUT2D eigenvalue weighted by atomic mass is 10.0. The molecule has 108 valence electrons. The number of aryl methyl sites for hydroxylation is 1. The molecule has 0 saturated heterocycles. The molecule has 1 atom stereocenters. The van der Waals surface area contributed by atoms with Crippen LogP contribution in [0.2, 0.25) is 5.02 Å². The van der Waals surface area contributed by atoms with E-state index in [1.54, 1.807) is 18.0 Å². The number of hydrogen-bond donors (Lipinski definition) is 1. The first-order valence-electron chi connectivity index (χ1n) is 6.26. The Hall–Kier alpha value is -0.880. The molecule has 0 fully saturated rings. The van der Waals surface area contributed by atoms with Crippen molar-refractivity contribution < 1.29 is 4.74 Å². The van der Waals surface area contributed by atoms with Crippen molar-refractivity contribution in [2.75, 3.05) is 13.7 Å². The van der Waals surface area contributed by atoms with E-state index in [1.165, 1.54) is 0 Å². The van der Waals surface area contributed by atoms with Gasteiger partial charge in [0, 0.05) is 11.6 Å². The Morgan fingerprint density at radius 1 is 1.50 bits per heavy atom. The first-order valence-corrected chi connectivity index (χ1v) is 7.43. The molecule has 4 nitrogen and oxygen atoms in total. The van der Waals surface area contributed by atoms with Crippen molar-refractivity contribution in [1.29, 1.82) is 0 Å². The maximum absolute atomic E-state index is 6.35. The van der Waals surface area contributed by atoms with Crippen LogP contribution in [-0.4, -0.2) is 23.5 Å². The van der Waals surface area contributed by atoms with Crippen molar-refractivity contribution in [3.05, 3.63) is 50.7 Å². The summed E-state index contributed by atoms with van der Waals surface area (Å²) >= 11 is 9.72. The van der Waals surface area contributed by atoms with E-state index in [0.29, 0.717) is 18.2 Å². The first kappa shape index (κ1) is 15.5. The Morgan fingerprint density at radius 3 is 2.90 bits per heavy atom. The second kappa shape index (κ2) is 6.72. The van der Waals surface area contributed by atoms with Crippen LogP contribution in [0.15, 0.2) is 28.9 Å². The van der Waals surface area contributed by atoms with Gasteiger partial charge in [-0.25, -0.2) is 0 Å². The largest absolute Gasteiger partial charge is 0.383 e. The normalized spacial score (nSPS) is 12.7. The molecule has 2 aromatic rings. The van der Waals surface area contributed by atoms with Gasteiger partial charge in [0.2, 0.25) is 0 Å². The van der Waals surface area contributed by atoms with E-state index in [4.69, 9.17) is 22.1 Å². The van der Waals surface area contributed by atoms with Gasteiger partial charge in [0.15, 0.2) is 0 Å². The minimum Gasteiger partial charge on any atom is -0.383 e. The number of benzene rings is 1. The Kier molecular flexibility index (Phi) is 5.21. The van der Waals surface area contributed by atoms with E-state index in [2.05, 4.69) is 27.1 Å². The highest BCUT2D eigenvalue weighted by atomic mass is 79.9. The molecule has 0 spiro atoms. The van der Waals surface area contributed by atoms with Crippen LogP contribution in [0.5, 0.6) is 0 Å². The molecule has 1 heterocycles. The predicted molar refractivity (Wildman–Crippen MR) is 84.0 cm³/mol. The molecule has 0 aliphatic heterocycles. The molecule has 1 aromatic carbocycles. The zero-order valence-corrected chi connectivity index (χ0v) is 13.8. The predicted octanol–water partition coefficient (Wildman–Crippen LogP) is 3.30. The second-order valence-electron chi connectivity index (χ2n) is 4.58. The smallest absolute Gasteiger partial charge is 0.0837 e. The number of aromatic nitrogens is 2. The lowest BCUT2D eigenvalue weighted by molar-refractivity contribution is 0.182. The van der Waals surface area contributed by atoms with Crippen LogP contribution in [0.1, 0.15) is 22.9 Å². The van der Waals surface area contributed by atoms with E-state index >= 15 is 0 Å². The Morgan fingerprint density at radius 2 is 2.25 bits per heavy atom. The molecule has 0 saturated carbocycles. The highest BCUT2D eigenvalue weighted by Crippen LogP contribution is 2.28. The molecular weight excluding hydrogens is 342 g/mol. The van der Waals surface area contributed by atoms with E-state index in [0.717, 1.165) is 21.3 Å². The van der Waals surface area contributed by atoms with E-state index < -0.39 is 0 Å². The Bertz CT molecular complexity index is 600. The van der Waals surface area contributed by atoms with Crippen LogP contribution in [0.3, 0.4) is 0 Å². The van der Waals surface area contributed by atoms with E-state index in [1.807, 2.05) is 19.1 Å². The van der Waals surface area contributed by atoms with Gasteiger partial charge in [0.1, 0.15) is 0 Å². The molecule has 0 radical (unpaired) electrons. The summed E-state index contributed by atoms with van der Waals surface area (Å²) in [5, 5.41) is 4.83. The van der Waals surface area contributed by atoms with Crippen LogP contribution < -0.4 is 5.73 Å². The summed E-state index contributed by atoms with van der Waals surface area (Å²) in [6, 6.07) is 5.73. The van der Waals surface area contributed by atoms with Gasteiger partial charge >= 0.3 is 0 Å². The van der Waals surface area contributed by atoms with Crippen LogP contribution >= 0.6 is 27.5 Å². The molecule has 0 aliphatic rings. The van der Waals surface area contributed by atoms with Crippen LogP contribution in [0.25, 0.3) is 0 Å². The zero-order valence-electron chi connectivity index (χ0n) is 11.4. The SMILES string of the molecule is COCCn1ncc(Cl)c1C(N)c1ccc(Br)c(C)c1. The fraction of sp³-hybridized carbons (Fsp3) is 0.357. The monoisotopic (exact) mass is 357 g/mol. The number of halogens is 2. The fourth-order valence-corrected chi connectivity index (χ4v) is 2.56. The molecule has 0 bridgehead atoms. The summed E-state index contributed by atoms with van der Waals surface area (Å²) in [6.07, 6.45) is 1.62. The molecule has 0 aliphatic carbocycles. The third-order valence-electron chi connectivity index (χ3n) is 3.18. The fourth-order valence-electron chi connectivity index (χ4n) is 2.06. The van der Waals surface area contributed by atoms with Crippen LogP contribution in [0.4, 0.5) is 0 Å². The topological polar surface area (TPSA) is 53.1 Å². The maximum atomic E-state index is 6.35. The molecule has 1 aromatic heterocycles. The standard InChI is InChI=1S/C14H17BrClN3O/c1-9-7-10(3-4-11(9)15)13(17)14-12(16)8-18-19(14)5-6-20-2/h3-4,7-8,13H,5-6,17H2,1-2H3. The first-order chi connectivity index (χ1) is 9.54. The van der Waals surface area contributed by atoms with Gasteiger partial charge in [-0.1, -0.05) is 39.7 Å². The van der Waals surface area contributed by atoms with Crippen LogP contribution in [-0.2, 0) is 11.3 Å². The summed E-state index contributed by atoms with van der Waals surface area (Å²) in [6.45, 7) is 3.23. The number of nitrogens with two attached hydrogens (primary N) is 1. The van der Waals surface area contributed by atoms with Crippen molar-refractivity contribution >= 4 is 27.5 Å². The van der Waals surface area contributed by atoms with Gasteiger partial charge in [-0.05, 0) is 24.1 Å². The second-order valence-corrected chi connectivity index (χ2v) is 5.84. The van der Waals surface area contributed by atoms with Gasteiger partial charge in [0.25, 0.3) is 0 Å². The third kappa shape index (κ3) is 3.23. The summed E-state index contributed by atoms with van der Waals surface area (Å²) in [7, 11) is 1.66. The van der Waals surface area contributed by atoms with Crippen LogP contribution in [0, 0.1) is 6.92 Å². The summed E-state index contributed by atoms with van der Waals surface area (Å²) in [5.74, 6) is 0. The number of hydrogen-bond acceptors (Lipinski definition) is 3. The van der Waals surface area contributed by atoms with Crippen molar-refractivity contribution in [2.45, 2.75) is 19.5 Å². The van der Waals surface area contributed by atoms with Gasteiger partial charge in [-0.3, -0.25) is 4.68 Å². The lowest BCUT2D eigenvalue weighted by Gasteiger charge is -2.16. The Labute approximate surface area is 132 Å². The lowest BCUT2D eigenvalue weighted by Crippen LogP contribution is -2.19. The number of rotatable bonds is 5. The number of ether oxygens (including phenoxy) is 1. The van der Waals surface area contributed by atoms with Crippen molar-refractivity contribution in [2.24, 2.45) is 5.73 Å². The van der Waals surface area contributed by atoms with Gasteiger partial charge < -0.3 is 10.5 Å². The molecule has 2 rings (SSSR count). The molecule has 1 unspecified atom stereocenters. The molecule has 0 amide bonds. The maximum Gasteiger partial charge on any atom is 0.0837 e. The van der Waals surface area contributed by atoms with Crippen molar-refractivity contribution in [1.82, 2.24) is 9.78 Å². The zero-order chi connectivity index (χ0) is 14.7. The summed E-state index contributed by atoms with van der Waals surface area (Å²) in [4.78, 5) is 0. The minimum absolute atomic E-state index is 0.311. The summed E-state index contributed by atoms with van der Waals surface area (Å²) < 4.78 is 7.94. The molecule has 2 N–H and O–H groups in total. The van der Waals surface area contributed by atoms with Crippen molar-refractivity contribution in [3.63, 3.8) is 0 Å². The quantitative estimate of drug-likeness (QED) is 0.892. The average molecular weight is 359 g/mol. The third-order valence-corrected chi connectivity index (χ3v) is 4.36. The van der Waals surface area contributed by atoms with E-state index in [-0.39, 0.29) is 6.04 Å². The molecule has 6 heteroatoms. The molecular formula is C14H17BrClN3O. The summed E-state index contributed by atoms with van der Waals surface area (Å²) in [5.41, 5.74) is 9.30. The minimum atomic E-state index is -0.311. The van der Waals surface area contributed by atoms with Gasteiger partial charge in [-0.2, -0.15) is 5.10 Å². The van der Waals surface area contributed by atoms with Crippen molar-refractivity contribution in [3.8, 4) is 0 Å². The Balaban J connectivity index is 2.34. The highest BCUT2D eigenvalue weighted by molar-refractivity contribution is 9.10. The molecule has 20 heavy (non-hydrogen) atoms. The number of nitrogens with zero attached hydrogens (tertiary/aromatic N) is 2. The number of methoxy groups -OCH3 is 1. The van der Waals surface area contributed by atoms with E-state index in [9.17, 15) is 0 Å². The highest BCUT2D eigenvalue weighted by Gasteiger charge is 2.19. The van der Waals surface area contributed by atoms with Gasteiger partial charge in [-0.15, -0.1) is 0 Å².